The molecule has 0 amide bonds. The first-order valence-electron chi connectivity index (χ1n) is 2.20. The normalized spacial score (nSPS) is 9.75. The second-order valence-corrected chi connectivity index (χ2v) is 2.71. The molecule has 0 bridgehead atoms. The molecule has 0 saturated carbocycles. The molecule has 1 aromatic rings. The van der Waals surface area contributed by atoms with Crippen molar-refractivity contribution < 1.29 is 4.39 Å². The maximum absolute atomic E-state index is 11.7. The van der Waals surface area contributed by atoms with Crippen molar-refractivity contribution in [2.45, 2.75) is 6.80 Å². The summed E-state index contributed by atoms with van der Waals surface area (Å²) in [5.74, 6) is 0. The van der Waals surface area contributed by atoms with E-state index in [1.54, 1.807) is 12.4 Å². The Kier molecular flexibility index (Phi) is 1.88. The minimum absolute atomic E-state index is 0.428. The van der Waals surface area contributed by atoms with E-state index in [9.17, 15) is 4.39 Å². The minimum Gasteiger partial charge on any atom is -0.326 e. The molecule has 0 fully saturated rings. The van der Waals surface area contributed by atoms with Crippen molar-refractivity contribution in [3.05, 3.63) is 22.0 Å². The Morgan fingerprint density at radius 3 is 2.75 bits per heavy atom. The Balaban J connectivity index is 2.84. The van der Waals surface area contributed by atoms with Crippen molar-refractivity contribution >= 4 is 22.6 Å². The predicted octanol–water partition coefficient (Wildman–Crippen LogP) is 2.02. The summed E-state index contributed by atoms with van der Waals surface area (Å²) in [6, 6.07) is 1.86. The lowest BCUT2D eigenvalue weighted by Crippen LogP contribution is -1.84. The Morgan fingerprint density at radius 2 is 2.50 bits per heavy atom. The number of aromatic nitrogens is 1. The van der Waals surface area contributed by atoms with Crippen molar-refractivity contribution in [3.63, 3.8) is 0 Å². The van der Waals surface area contributed by atoms with Gasteiger partial charge in [-0.15, -0.1) is 0 Å². The number of hydrogen-bond donors (Lipinski definition) is 0. The molecule has 0 radical (unpaired) electrons. The van der Waals surface area contributed by atoms with Gasteiger partial charge in [0, 0.05) is 16.0 Å². The summed E-state index contributed by atoms with van der Waals surface area (Å²) >= 11 is 2.14. The van der Waals surface area contributed by atoms with E-state index in [0.29, 0.717) is 0 Å². The average molecular weight is 225 g/mol. The smallest absolute Gasteiger partial charge is 0.165 e. The van der Waals surface area contributed by atoms with Crippen LogP contribution in [0.4, 0.5) is 4.39 Å². The highest BCUT2D eigenvalue weighted by Crippen LogP contribution is 2.03. The van der Waals surface area contributed by atoms with Gasteiger partial charge in [0.15, 0.2) is 6.80 Å². The van der Waals surface area contributed by atoms with E-state index >= 15 is 0 Å². The number of rotatable bonds is 1. The summed E-state index contributed by atoms with van der Waals surface area (Å²) in [5, 5.41) is 0. The van der Waals surface area contributed by atoms with Crippen LogP contribution < -0.4 is 0 Å². The summed E-state index contributed by atoms with van der Waals surface area (Å²) in [6.07, 6.45) is 3.46. The van der Waals surface area contributed by atoms with Crippen LogP contribution in [0.5, 0.6) is 0 Å². The molecular weight excluding hydrogens is 220 g/mol. The summed E-state index contributed by atoms with van der Waals surface area (Å²) in [7, 11) is 0. The first-order chi connectivity index (χ1) is 3.83. The van der Waals surface area contributed by atoms with Crippen LogP contribution in [-0.4, -0.2) is 4.57 Å². The van der Waals surface area contributed by atoms with Crippen LogP contribution in [0.2, 0.25) is 0 Å². The zero-order valence-electron chi connectivity index (χ0n) is 4.14. The molecule has 1 aromatic heterocycles. The van der Waals surface area contributed by atoms with Crippen molar-refractivity contribution in [2.75, 3.05) is 0 Å². The largest absolute Gasteiger partial charge is 0.326 e. The van der Waals surface area contributed by atoms with Gasteiger partial charge in [-0.25, -0.2) is 4.39 Å². The van der Waals surface area contributed by atoms with E-state index < -0.39 is 6.80 Å². The molecular formula is C5H5FIN. The number of alkyl halides is 1. The SMILES string of the molecule is FCn1ccc(I)c1. The molecule has 1 nitrogen and oxygen atoms in total. The quantitative estimate of drug-likeness (QED) is 0.644. The minimum atomic E-state index is -0.428. The molecule has 8 heavy (non-hydrogen) atoms. The molecule has 44 valence electrons. The summed E-state index contributed by atoms with van der Waals surface area (Å²) in [4.78, 5) is 0. The maximum atomic E-state index is 11.7. The van der Waals surface area contributed by atoms with Crippen LogP contribution in [0, 0.1) is 3.57 Å². The summed E-state index contributed by atoms with van der Waals surface area (Å²) in [6.45, 7) is -0.428. The van der Waals surface area contributed by atoms with Crippen molar-refractivity contribution in [1.82, 2.24) is 4.57 Å². The molecule has 0 aliphatic rings. The van der Waals surface area contributed by atoms with Crippen LogP contribution in [0.3, 0.4) is 0 Å². The fourth-order valence-electron chi connectivity index (χ4n) is 0.486. The lowest BCUT2D eigenvalue weighted by Gasteiger charge is -1.87. The highest BCUT2D eigenvalue weighted by molar-refractivity contribution is 14.1. The molecule has 0 aliphatic heterocycles. The summed E-state index contributed by atoms with van der Waals surface area (Å²) in [5.41, 5.74) is 0. The van der Waals surface area contributed by atoms with E-state index in [0.717, 1.165) is 3.57 Å². The van der Waals surface area contributed by atoms with Gasteiger partial charge >= 0.3 is 0 Å². The van der Waals surface area contributed by atoms with E-state index in [-0.39, 0.29) is 0 Å². The first-order valence-corrected chi connectivity index (χ1v) is 3.28. The van der Waals surface area contributed by atoms with Crippen molar-refractivity contribution in [2.24, 2.45) is 0 Å². The average Bonchev–Trinajstić information content (AvgIpc) is 2.14. The number of hydrogen-bond acceptors (Lipinski definition) is 0. The second kappa shape index (κ2) is 2.48. The third kappa shape index (κ3) is 1.21. The Morgan fingerprint density at radius 1 is 1.75 bits per heavy atom. The highest BCUT2D eigenvalue weighted by atomic mass is 127. The van der Waals surface area contributed by atoms with E-state index in [4.69, 9.17) is 0 Å². The van der Waals surface area contributed by atoms with Gasteiger partial charge in [0.25, 0.3) is 0 Å². The predicted molar refractivity (Wildman–Crippen MR) is 38.3 cm³/mol. The third-order valence-electron chi connectivity index (χ3n) is 0.852. The topological polar surface area (TPSA) is 4.93 Å². The van der Waals surface area contributed by atoms with Crippen LogP contribution in [0.25, 0.3) is 0 Å². The van der Waals surface area contributed by atoms with Gasteiger partial charge in [0.2, 0.25) is 0 Å². The Hall–Kier alpha value is -0.0600. The molecule has 0 spiro atoms. The van der Waals surface area contributed by atoms with E-state index in [1.165, 1.54) is 4.57 Å². The molecule has 1 heterocycles. The standard InChI is InChI=1S/C5H5FIN/c6-4-8-2-1-5(7)3-8/h1-3H,4H2. The van der Waals surface area contributed by atoms with E-state index in [1.807, 2.05) is 6.07 Å². The molecule has 0 aliphatic carbocycles. The van der Waals surface area contributed by atoms with Gasteiger partial charge in [0.05, 0.1) is 0 Å². The third-order valence-corrected chi connectivity index (χ3v) is 1.49. The van der Waals surface area contributed by atoms with Gasteiger partial charge in [-0.2, -0.15) is 0 Å². The van der Waals surface area contributed by atoms with Crippen LogP contribution in [0.15, 0.2) is 18.5 Å². The number of nitrogens with zero attached hydrogens (tertiary/aromatic N) is 1. The molecule has 0 atom stereocenters. The second-order valence-electron chi connectivity index (χ2n) is 1.46. The van der Waals surface area contributed by atoms with Gasteiger partial charge < -0.3 is 4.57 Å². The van der Waals surface area contributed by atoms with Gasteiger partial charge in [-0.3, -0.25) is 0 Å². The van der Waals surface area contributed by atoms with Crippen LogP contribution in [-0.2, 0) is 6.80 Å². The highest BCUT2D eigenvalue weighted by Gasteiger charge is 1.87. The molecule has 0 aromatic carbocycles. The molecule has 0 saturated heterocycles. The Bertz CT molecular complexity index is 173. The first kappa shape index (κ1) is 6.07. The Labute approximate surface area is 60.6 Å². The van der Waals surface area contributed by atoms with Crippen LogP contribution in [0.1, 0.15) is 0 Å². The monoisotopic (exact) mass is 225 g/mol. The van der Waals surface area contributed by atoms with Gasteiger partial charge in [-0.05, 0) is 28.7 Å². The van der Waals surface area contributed by atoms with Crippen molar-refractivity contribution in [1.29, 1.82) is 0 Å². The number of halogens is 2. The van der Waals surface area contributed by atoms with Gasteiger partial charge in [0.1, 0.15) is 0 Å². The lowest BCUT2D eigenvalue weighted by atomic mass is 10.7. The fraction of sp³-hybridized carbons (Fsp3) is 0.200. The summed E-state index contributed by atoms with van der Waals surface area (Å²) < 4.78 is 14.3. The zero-order valence-corrected chi connectivity index (χ0v) is 6.30. The van der Waals surface area contributed by atoms with Crippen molar-refractivity contribution in [3.8, 4) is 0 Å². The molecule has 0 unspecified atom stereocenters. The fourth-order valence-corrected chi connectivity index (χ4v) is 1.00. The zero-order chi connectivity index (χ0) is 5.98. The molecule has 1 rings (SSSR count). The molecule has 3 heteroatoms. The van der Waals surface area contributed by atoms with Crippen LogP contribution >= 0.6 is 22.6 Å². The van der Waals surface area contributed by atoms with E-state index in [2.05, 4.69) is 22.6 Å². The lowest BCUT2D eigenvalue weighted by molar-refractivity contribution is 0.378. The maximum Gasteiger partial charge on any atom is 0.165 e. The van der Waals surface area contributed by atoms with Gasteiger partial charge in [-0.1, -0.05) is 0 Å². The molecule has 0 N–H and O–H groups in total.